The van der Waals surface area contributed by atoms with Gasteiger partial charge in [-0.05, 0) is 25.1 Å². The Balaban J connectivity index is 1.91. The Labute approximate surface area is 138 Å². The van der Waals surface area contributed by atoms with Crippen LogP contribution in [-0.4, -0.2) is 34.7 Å². The Morgan fingerprint density at radius 1 is 1.08 bits per heavy atom. The lowest BCUT2D eigenvalue weighted by molar-refractivity contribution is -0.123. The van der Waals surface area contributed by atoms with Crippen molar-refractivity contribution in [3.05, 3.63) is 59.4 Å². The summed E-state index contributed by atoms with van der Waals surface area (Å²) in [6, 6.07) is 9.58. The Morgan fingerprint density at radius 3 is 2.33 bits per heavy atom. The minimum atomic E-state index is -0.757. The van der Waals surface area contributed by atoms with Gasteiger partial charge in [-0.2, -0.15) is 0 Å². The molecule has 124 valence electrons. The number of benzene rings is 1. The molecular weight excluding hydrogens is 312 g/mol. The molecule has 24 heavy (non-hydrogen) atoms. The number of amides is 2. The molecule has 0 aliphatic rings. The van der Waals surface area contributed by atoms with Crippen LogP contribution < -0.4 is 5.32 Å². The van der Waals surface area contributed by atoms with Crippen LogP contribution in [0.15, 0.2) is 42.6 Å². The van der Waals surface area contributed by atoms with E-state index in [0.717, 1.165) is 0 Å². The first-order valence-electron chi connectivity index (χ1n) is 7.12. The van der Waals surface area contributed by atoms with E-state index in [1.165, 1.54) is 23.8 Å². The van der Waals surface area contributed by atoms with Gasteiger partial charge in [0.1, 0.15) is 5.69 Å². The van der Waals surface area contributed by atoms with Crippen molar-refractivity contribution >= 4 is 23.6 Å². The molecule has 2 aromatic rings. The van der Waals surface area contributed by atoms with Crippen LogP contribution in [0.5, 0.6) is 0 Å². The average Bonchev–Trinajstić information content (AvgIpc) is 2.95. The molecular formula is C17H16N2O5. The van der Waals surface area contributed by atoms with E-state index < -0.39 is 24.4 Å². The SMILES string of the molecule is CC(=O)c1cc(C(=O)OCC(=O)NC(=O)c2ccccc2)n(C)c1. The van der Waals surface area contributed by atoms with Crippen molar-refractivity contribution in [1.82, 2.24) is 9.88 Å². The second-order valence-corrected chi connectivity index (χ2v) is 5.10. The summed E-state index contributed by atoms with van der Waals surface area (Å²) in [6.45, 7) is 0.783. The Hall–Kier alpha value is -3.22. The van der Waals surface area contributed by atoms with Crippen molar-refractivity contribution in [2.24, 2.45) is 7.05 Å². The average molecular weight is 328 g/mol. The lowest BCUT2D eigenvalue weighted by Crippen LogP contribution is -2.34. The summed E-state index contributed by atoms with van der Waals surface area (Å²) in [6.07, 6.45) is 1.50. The van der Waals surface area contributed by atoms with Gasteiger partial charge in [0.2, 0.25) is 0 Å². The van der Waals surface area contributed by atoms with E-state index in [4.69, 9.17) is 4.74 Å². The molecule has 0 unspecified atom stereocenters. The van der Waals surface area contributed by atoms with Crippen LogP contribution in [0.1, 0.15) is 38.1 Å². The van der Waals surface area contributed by atoms with E-state index >= 15 is 0 Å². The molecule has 0 aliphatic heterocycles. The monoisotopic (exact) mass is 328 g/mol. The molecule has 0 saturated heterocycles. The van der Waals surface area contributed by atoms with Gasteiger partial charge in [-0.25, -0.2) is 4.79 Å². The van der Waals surface area contributed by atoms with Gasteiger partial charge in [-0.3, -0.25) is 19.7 Å². The summed E-state index contributed by atoms with van der Waals surface area (Å²) in [4.78, 5) is 46.7. The summed E-state index contributed by atoms with van der Waals surface area (Å²) < 4.78 is 6.30. The number of ether oxygens (including phenoxy) is 1. The molecule has 0 radical (unpaired) electrons. The molecule has 0 fully saturated rings. The summed E-state index contributed by atoms with van der Waals surface area (Å²) in [7, 11) is 1.59. The first-order valence-corrected chi connectivity index (χ1v) is 7.12. The van der Waals surface area contributed by atoms with Crippen LogP contribution >= 0.6 is 0 Å². The van der Waals surface area contributed by atoms with Gasteiger partial charge in [0.25, 0.3) is 11.8 Å². The van der Waals surface area contributed by atoms with Crippen LogP contribution in [0, 0.1) is 0 Å². The number of ketones is 1. The highest BCUT2D eigenvalue weighted by Gasteiger charge is 2.17. The summed E-state index contributed by atoms with van der Waals surface area (Å²) >= 11 is 0. The second-order valence-electron chi connectivity index (χ2n) is 5.10. The molecule has 0 spiro atoms. The fourth-order valence-corrected chi connectivity index (χ4v) is 1.99. The predicted octanol–water partition coefficient (Wildman–Crippen LogP) is 1.34. The maximum atomic E-state index is 11.9. The zero-order valence-corrected chi connectivity index (χ0v) is 13.2. The predicted molar refractivity (Wildman–Crippen MR) is 84.6 cm³/mol. The number of aromatic nitrogens is 1. The van der Waals surface area contributed by atoms with Gasteiger partial charge >= 0.3 is 5.97 Å². The van der Waals surface area contributed by atoms with Gasteiger partial charge in [0.05, 0.1) is 0 Å². The molecule has 1 aromatic heterocycles. The maximum absolute atomic E-state index is 11.9. The topological polar surface area (TPSA) is 94.5 Å². The minimum Gasteiger partial charge on any atom is -0.451 e. The Bertz CT molecular complexity index is 793. The van der Waals surface area contributed by atoms with Gasteiger partial charge < -0.3 is 9.30 Å². The highest BCUT2D eigenvalue weighted by atomic mass is 16.5. The number of imide groups is 1. The number of carbonyl (C=O) groups is 4. The molecule has 1 aromatic carbocycles. The molecule has 1 N–H and O–H groups in total. The number of hydrogen-bond acceptors (Lipinski definition) is 5. The van der Waals surface area contributed by atoms with E-state index in [1.807, 2.05) is 0 Å². The number of aryl methyl sites for hydroxylation is 1. The molecule has 0 atom stereocenters. The first kappa shape index (κ1) is 17.1. The number of Topliss-reactive ketones (excluding diaryl/α,β-unsaturated/α-hetero) is 1. The number of nitrogens with one attached hydrogen (secondary N) is 1. The van der Waals surface area contributed by atoms with Crippen molar-refractivity contribution in [2.75, 3.05) is 6.61 Å². The van der Waals surface area contributed by atoms with Crippen LogP contribution in [0.25, 0.3) is 0 Å². The Morgan fingerprint density at radius 2 is 1.75 bits per heavy atom. The smallest absolute Gasteiger partial charge is 0.355 e. The lowest BCUT2D eigenvalue weighted by atomic mass is 10.2. The molecule has 2 amide bonds. The fraction of sp³-hybridized carbons (Fsp3) is 0.176. The molecule has 0 saturated carbocycles. The zero-order chi connectivity index (χ0) is 17.7. The molecule has 2 rings (SSSR count). The molecule has 7 nitrogen and oxygen atoms in total. The van der Waals surface area contributed by atoms with Crippen LogP contribution in [-0.2, 0) is 16.6 Å². The number of esters is 1. The largest absolute Gasteiger partial charge is 0.451 e. The zero-order valence-electron chi connectivity index (χ0n) is 13.2. The van der Waals surface area contributed by atoms with E-state index in [2.05, 4.69) is 5.32 Å². The van der Waals surface area contributed by atoms with Crippen LogP contribution in [0.3, 0.4) is 0 Å². The van der Waals surface area contributed by atoms with Gasteiger partial charge in [-0.1, -0.05) is 18.2 Å². The van der Waals surface area contributed by atoms with Gasteiger partial charge in [0, 0.05) is 24.4 Å². The Kier molecular flexibility index (Phi) is 5.26. The van der Waals surface area contributed by atoms with Crippen molar-refractivity contribution in [2.45, 2.75) is 6.92 Å². The normalized spacial score (nSPS) is 10.1. The highest BCUT2D eigenvalue weighted by molar-refractivity contribution is 6.05. The first-order chi connectivity index (χ1) is 11.4. The fourth-order valence-electron chi connectivity index (χ4n) is 1.99. The third-order valence-corrected chi connectivity index (χ3v) is 3.24. The third-order valence-electron chi connectivity index (χ3n) is 3.24. The van der Waals surface area contributed by atoms with Crippen molar-refractivity contribution in [1.29, 1.82) is 0 Å². The quantitative estimate of drug-likeness (QED) is 0.660. The lowest BCUT2D eigenvalue weighted by Gasteiger charge is -2.06. The van der Waals surface area contributed by atoms with Crippen LogP contribution in [0.2, 0.25) is 0 Å². The van der Waals surface area contributed by atoms with Crippen LogP contribution in [0.4, 0.5) is 0 Å². The third kappa shape index (κ3) is 4.16. The summed E-state index contributed by atoms with van der Waals surface area (Å²) in [5.41, 5.74) is 0.834. The number of rotatable bonds is 5. The molecule has 7 heteroatoms. The van der Waals surface area contributed by atoms with Crippen molar-refractivity contribution in [3.63, 3.8) is 0 Å². The summed E-state index contributed by atoms with van der Waals surface area (Å²) in [5, 5.41) is 2.13. The highest BCUT2D eigenvalue weighted by Crippen LogP contribution is 2.09. The van der Waals surface area contributed by atoms with E-state index in [1.54, 1.807) is 37.4 Å². The second kappa shape index (κ2) is 7.36. The number of nitrogens with zero attached hydrogens (tertiary/aromatic N) is 1. The number of carbonyl (C=O) groups excluding carboxylic acids is 4. The van der Waals surface area contributed by atoms with Gasteiger partial charge in [-0.15, -0.1) is 0 Å². The van der Waals surface area contributed by atoms with Crippen molar-refractivity contribution < 1.29 is 23.9 Å². The van der Waals surface area contributed by atoms with E-state index in [0.29, 0.717) is 11.1 Å². The minimum absolute atomic E-state index is 0.141. The van der Waals surface area contributed by atoms with E-state index in [9.17, 15) is 19.2 Å². The molecule has 0 aliphatic carbocycles. The molecule has 0 bridgehead atoms. The van der Waals surface area contributed by atoms with Crippen molar-refractivity contribution in [3.8, 4) is 0 Å². The molecule has 1 heterocycles. The van der Waals surface area contributed by atoms with Gasteiger partial charge in [0.15, 0.2) is 12.4 Å². The standard InChI is InChI=1S/C17H16N2O5/c1-11(20)13-8-14(19(2)9-13)17(23)24-10-15(21)18-16(22)12-6-4-3-5-7-12/h3-9H,10H2,1-2H3,(H,18,21,22). The summed E-state index contributed by atoms with van der Waals surface area (Å²) in [5.74, 6) is -2.25. The number of hydrogen-bond donors (Lipinski definition) is 1. The maximum Gasteiger partial charge on any atom is 0.355 e. The van der Waals surface area contributed by atoms with E-state index in [-0.39, 0.29) is 11.5 Å².